The highest BCUT2D eigenvalue weighted by Crippen LogP contribution is 2.27. The SMILES string of the molecule is C[C@]1(O)CC(=O)N1CC(N)=O. The van der Waals surface area contributed by atoms with Crippen molar-refractivity contribution in [3.05, 3.63) is 0 Å². The zero-order chi connectivity index (χ0) is 8.65. The first-order chi connectivity index (χ1) is 4.93. The van der Waals surface area contributed by atoms with Gasteiger partial charge >= 0.3 is 0 Å². The molecule has 0 bridgehead atoms. The summed E-state index contributed by atoms with van der Waals surface area (Å²) in [6.45, 7) is 1.27. The van der Waals surface area contributed by atoms with Crippen LogP contribution in [0.25, 0.3) is 0 Å². The van der Waals surface area contributed by atoms with Gasteiger partial charge in [-0.05, 0) is 6.92 Å². The van der Waals surface area contributed by atoms with E-state index in [2.05, 4.69) is 0 Å². The third-order valence-electron chi connectivity index (χ3n) is 1.68. The van der Waals surface area contributed by atoms with Gasteiger partial charge in [0.2, 0.25) is 11.8 Å². The minimum Gasteiger partial charge on any atom is -0.371 e. The Kier molecular flexibility index (Phi) is 1.60. The van der Waals surface area contributed by atoms with Crippen LogP contribution >= 0.6 is 0 Å². The normalized spacial score (nSPS) is 30.0. The highest BCUT2D eigenvalue weighted by molar-refractivity contribution is 5.89. The number of rotatable bonds is 2. The van der Waals surface area contributed by atoms with E-state index >= 15 is 0 Å². The van der Waals surface area contributed by atoms with E-state index in [1.807, 2.05) is 0 Å². The molecule has 0 aromatic heterocycles. The van der Waals surface area contributed by atoms with Crippen molar-refractivity contribution in [2.45, 2.75) is 19.1 Å². The van der Waals surface area contributed by atoms with Gasteiger partial charge in [0.15, 0.2) is 0 Å². The predicted octanol–water partition coefficient (Wildman–Crippen LogP) is -1.59. The maximum absolute atomic E-state index is 10.7. The average Bonchev–Trinajstić information content (AvgIpc) is 1.82. The van der Waals surface area contributed by atoms with E-state index in [9.17, 15) is 14.7 Å². The van der Waals surface area contributed by atoms with Gasteiger partial charge in [-0.25, -0.2) is 0 Å². The Labute approximate surface area is 63.8 Å². The number of aliphatic hydroxyl groups is 1. The molecule has 11 heavy (non-hydrogen) atoms. The molecule has 3 N–H and O–H groups in total. The molecule has 0 aromatic carbocycles. The summed E-state index contributed by atoms with van der Waals surface area (Å²) in [5.74, 6) is -0.855. The van der Waals surface area contributed by atoms with E-state index in [0.29, 0.717) is 0 Å². The summed E-state index contributed by atoms with van der Waals surface area (Å²) < 4.78 is 0. The quantitative estimate of drug-likeness (QED) is 0.475. The Morgan fingerprint density at radius 3 is 2.64 bits per heavy atom. The fourth-order valence-corrected chi connectivity index (χ4v) is 1.07. The Bertz CT molecular complexity index is 212. The van der Waals surface area contributed by atoms with Gasteiger partial charge in [0.1, 0.15) is 12.3 Å². The lowest BCUT2D eigenvalue weighted by molar-refractivity contribution is -0.193. The van der Waals surface area contributed by atoms with E-state index in [1.54, 1.807) is 0 Å². The first kappa shape index (κ1) is 8.00. The van der Waals surface area contributed by atoms with E-state index < -0.39 is 11.6 Å². The lowest BCUT2D eigenvalue weighted by Crippen LogP contribution is -2.63. The van der Waals surface area contributed by atoms with Gasteiger partial charge in [-0.1, -0.05) is 0 Å². The maximum atomic E-state index is 10.7. The van der Waals surface area contributed by atoms with Crippen LogP contribution in [-0.2, 0) is 9.59 Å². The molecule has 5 nitrogen and oxygen atoms in total. The number of likely N-dealkylation sites (tertiary alicyclic amines) is 1. The molecule has 1 atom stereocenters. The summed E-state index contributed by atoms with van der Waals surface area (Å²) in [5, 5.41) is 9.29. The second kappa shape index (κ2) is 2.20. The minimum atomic E-state index is -1.17. The number of hydrogen-bond donors (Lipinski definition) is 2. The lowest BCUT2D eigenvalue weighted by Gasteiger charge is -2.44. The number of β-lactam (4-membered cyclic amide) rings is 1. The highest BCUT2D eigenvalue weighted by atomic mass is 16.3. The predicted molar refractivity (Wildman–Crippen MR) is 36.1 cm³/mol. The van der Waals surface area contributed by atoms with Crippen molar-refractivity contribution in [1.82, 2.24) is 4.90 Å². The highest BCUT2D eigenvalue weighted by Gasteiger charge is 2.46. The molecular weight excluding hydrogens is 148 g/mol. The van der Waals surface area contributed by atoms with Crippen molar-refractivity contribution in [2.75, 3.05) is 6.54 Å². The minimum absolute atomic E-state index is 0.0697. The molecule has 1 saturated heterocycles. The number of carbonyl (C=O) groups is 2. The van der Waals surface area contributed by atoms with Gasteiger partial charge < -0.3 is 15.7 Å². The molecule has 0 unspecified atom stereocenters. The van der Waals surface area contributed by atoms with Gasteiger partial charge in [-0.2, -0.15) is 0 Å². The largest absolute Gasteiger partial charge is 0.371 e. The first-order valence-electron chi connectivity index (χ1n) is 3.24. The van der Waals surface area contributed by atoms with Crippen molar-refractivity contribution in [2.24, 2.45) is 5.73 Å². The smallest absolute Gasteiger partial charge is 0.237 e. The molecule has 62 valence electrons. The fraction of sp³-hybridized carbons (Fsp3) is 0.667. The Morgan fingerprint density at radius 1 is 1.91 bits per heavy atom. The van der Waals surface area contributed by atoms with Crippen molar-refractivity contribution >= 4 is 11.8 Å². The second-order valence-electron chi connectivity index (χ2n) is 2.84. The van der Waals surface area contributed by atoms with E-state index in [4.69, 9.17) is 5.73 Å². The maximum Gasteiger partial charge on any atom is 0.237 e. The molecular formula is C6H10N2O3. The number of nitrogens with zero attached hydrogens (tertiary/aromatic N) is 1. The molecule has 1 aliphatic heterocycles. The van der Waals surface area contributed by atoms with Crippen LogP contribution in [-0.4, -0.2) is 34.1 Å². The average molecular weight is 158 g/mol. The second-order valence-corrected chi connectivity index (χ2v) is 2.84. The summed E-state index contributed by atoms with van der Waals surface area (Å²) in [4.78, 5) is 22.1. The van der Waals surface area contributed by atoms with Crippen molar-refractivity contribution in [1.29, 1.82) is 0 Å². The zero-order valence-corrected chi connectivity index (χ0v) is 6.20. The first-order valence-corrected chi connectivity index (χ1v) is 3.24. The molecule has 1 aliphatic rings. The van der Waals surface area contributed by atoms with Gasteiger partial charge in [0.25, 0.3) is 0 Å². The molecule has 0 aromatic rings. The zero-order valence-electron chi connectivity index (χ0n) is 6.20. The summed E-state index contributed by atoms with van der Waals surface area (Å²) in [6, 6.07) is 0. The molecule has 1 heterocycles. The Morgan fingerprint density at radius 2 is 2.45 bits per heavy atom. The molecule has 0 radical (unpaired) electrons. The molecule has 0 aliphatic carbocycles. The van der Waals surface area contributed by atoms with Crippen molar-refractivity contribution in [3.8, 4) is 0 Å². The number of amides is 2. The van der Waals surface area contributed by atoms with E-state index in [-0.39, 0.29) is 18.9 Å². The summed E-state index contributed by atoms with van der Waals surface area (Å²) in [5.41, 5.74) is 3.67. The van der Waals surface area contributed by atoms with Gasteiger partial charge in [0, 0.05) is 0 Å². The molecule has 1 fully saturated rings. The molecule has 0 saturated carbocycles. The van der Waals surface area contributed by atoms with Gasteiger partial charge in [0.05, 0.1) is 6.42 Å². The topological polar surface area (TPSA) is 83.6 Å². The van der Waals surface area contributed by atoms with Crippen LogP contribution in [0, 0.1) is 0 Å². The number of hydrogen-bond acceptors (Lipinski definition) is 3. The van der Waals surface area contributed by atoms with Crippen LogP contribution in [0.2, 0.25) is 0 Å². The number of primary amides is 1. The molecule has 1 rings (SSSR count). The van der Waals surface area contributed by atoms with Gasteiger partial charge in [-0.3, -0.25) is 9.59 Å². The van der Waals surface area contributed by atoms with Crippen molar-refractivity contribution < 1.29 is 14.7 Å². The molecule has 2 amide bonds. The van der Waals surface area contributed by atoms with Crippen molar-refractivity contribution in [3.63, 3.8) is 0 Å². The van der Waals surface area contributed by atoms with Crippen LogP contribution in [0.5, 0.6) is 0 Å². The van der Waals surface area contributed by atoms with Crippen LogP contribution in [0.1, 0.15) is 13.3 Å². The lowest BCUT2D eigenvalue weighted by atomic mass is 9.99. The van der Waals surface area contributed by atoms with Crippen LogP contribution in [0.15, 0.2) is 0 Å². The standard InChI is InChI=1S/C6H10N2O3/c1-6(11)2-5(10)8(6)3-4(7)9/h11H,2-3H2,1H3,(H2,7,9)/t6-/m0/s1. The Balaban J connectivity index is 2.57. The van der Waals surface area contributed by atoms with Crippen LogP contribution < -0.4 is 5.73 Å². The Hall–Kier alpha value is -1.10. The van der Waals surface area contributed by atoms with E-state index in [1.165, 1.54) is 6.92 Å². The summed E-state index contributed by atoms with van der Waals surface area (Å²) in [6.07, 6.45) is 0.0697. The van der Waals surface area contributed by atoms with Crippen LogP contribution in [0.4, 0.5) is 0 Å². The molecule has 0 spiro atoms. The van der Waals surface area contributed by atoms with E-state index in [0.717, 1.165) is 4.90 Å². The molecule has 5 heteroatoms. The summed E-state index contributed by atoms with van der Waals surface area (Å²) >= 11 is 0. The van der Waals surface area contributed by atoms with Crippen LogP contribution in [0.3, 0.4) is 0 Å². The number of nitrogens with two attached hydrogens (primary N) is 1. The third-order valence-corrected chi connectivity index (χ3v) is 1.68. The van der Waals surface area contributed by atoms with Gasteiger partial charge in [-0.15, -0.1) is 0 Å². The number of carbonyl (C=O) groups excluding carboxylic acids is 2. The fourth-order valence-electron chi connectivity index (χ4n) is 1.07. The summed E-state index contributed by atoms with van der Waals surface area (Å²) in [7, 11) is 0. The third kappa shape index (κ3) is 1.32. The monoisotopic (exact) mass is 158 g/mol.